The number of imidazole rings is 1. The molecule has 1 fully saturated rings. The Hall–Kier alpha value is -2.51. The summed E-state index contributed by atoms with van der Waals surface area (Å²) in [4.78, 5) is 27.8. The number of nitrogens with zero attached hydrogens (tertiary/aromatic N) is 6. The Bertz CT molecular complexity index is 710. The molecule has 0 aromatic carbocycles. The van der Waals surface area contributed by atoms with Gasteiger partial charge in [-0.25, -0.2) is 19.3 Å². The second kappa shape index (κ2) is 6.94. The number of halogens is 1. The first-order valence-electron chi connectivity index (χ1n) is 7.98. The topological polar surface area (TPSA) is 67.2 Å². The molecule has 0 saturated carbocycles. The Balaban J connectivity index is 1.53. The molecule has 7 nitrogen and oxygen atoms in total. The molecule has 2 aromatic heterocycles. The average molecular weight is 332 g/mol. The van der Waals surface area contributed by atoms with E-state index in [0.717, 1.165) is 25.9 Å². The Labute approximate surface area is 140 Å². The van der Waals surface area contributed by atoms with Gasteiger partial charge in [0.1, 0.15) is 12.0 Å². The maximum Gasteiger partial charge on any atom is 0.273 e. The summed E-state index contributed by atoms with van der Waals surface area (Å²) in [5, 5.41) is 0. The van der Waals surface area contributed by atoms with Gasteiger partial charge in [0.15, 0.2) is 11.6 Å². The molecule has 0 atom stereocenters. The van der Waals surface area contributed by atoms with Crippen LogP contribution >= 0.6 is 0 Å². The number of hydrogen-bond donors (Lipinski definition) is 0. The maximum absolute atomic E-state index is 13.7. The molecule has 1 aliphatic rings. The number of rotatable bonds is 4. The van der Waals surface area contributed by atoms with Crippen LogP contribution in [0.3, 0.4) is 0 Å². The van der Waals surface area contributed by atoms with Crippen molar-refractivity contribution < 1.29 is 9.18 Å². The third-order valence-corrected chi connectivity index (χ3v) is 4.36. The Morgan fingerprint density at radius 2 is 2.12 bits per heavy atom. The quantitative estimate of drug-likeness (QED) is 0.845. The van der Waals surface area contributed by atoms with Crippen molar-refractivity contribution in [3.8, 4) is 0 Å². The van der Waals surface area contributed by atoms with Crippen LogP contribution in [0.2, 0.25) is 0 Å². The number of aryl methyl sites for hydroxylation is 1. The zero-order valence-electron chi connectivity index (χ0n) is 13.9. The Morgan fingerprint density at radius 3 is 2.75 bits per heavy atom. The largest absolute Gasteiger partial charge is 0.354 e. The van der Waals surface area contributed by atoms with E-state index in [1.807, 2.05) is 11.9 Å². The van der Waals surface area contributed by atoms with E-state index in [4.69, 9.17) is 0 Å². The number of carbonyl (C=O) groups is 1. The minimum Gasteiger partial charge on any atom is -0.354 e. The molecule has 24 heavy (non-hydrogen) atoms. The van der Waals surface area contributed by atoms with Crippen LogP contribution in [0.5, 0.6) is 0 Å². The van der Waals surface area contributed by atoms with Gasteiger partial charge in [-0.3, -0.25) is 4.79 Å². The van der Waals surface area contributed by atoms with Crippen LogP contribution in [-0.4, -0.2) is 57.0 Å². The predicted octanol–water partition coefficient (Wildman–Crippen LogP) is 1.34. The van der Waals surface area contributed by atoms with Crippen molar-refractivity contribution in [3.05, 3.63) is 36.6 Å². The molecule has 1 amide bonds. The predicted molar refractivity (Wildman–Crippen MR) is 87.1 cm³/mol. The lowest BCUT2D eigenvalue weighted by Crippen LogP contribution is -2.40. The molecule has 0 N–H and O–H groups in total. The molecule has 0 aliphatic carbocycles. The first-order chi connectivity index (χ1) is 11.5. The number of piperidine rings is 1. The van der Waals surface area contributed by atoms with Crippen molar-refractivity contribution in [1.29, 1.82) is 0 Å². The fourth-order valence-corrected chi connectivity index (χ4v) is 3.06. The highest BCUT2D eigenvalue weighted by atomic mass is 19.1. The van der Waals surface area contributed by atoms with Crippen molar-refractivity contribution in [2.75, 3.05) is 31.6 Å². The van der Waals surface area contributed by atoms with Gasteiger partial charge >= 0.3 is 0 Å². The lowest BCUT2D eigenvalue weighted by Gasteiger charge is -2.34. The van der Waals surface area contributed by atoms with Crippen LogP contribution in [0.4, 0.5) is 10.2 Å². The second-order valence-electron chi connectivity index (χ2n) is 6.23. The summed E-state index contributed by atoms with van der Waals surface area (Å²) in [6.07, 6.45) is 7.68. The molecule has 128 valence electrons. The number of carbonyl (C=O) groups excluding carboxylic acids is 1. The summed E-state index contributed by atoms with van der Waals surface area (Å²) >= 11 is 0. The number of aromatic nitrogens is 4. The van der Waals surface area contributed by atoms with Gasteiger partial charge in [0.25, 0.3) is 5.91 Å². The number of anilines is 1. The van der Waals surface area contributed by atoms with E-state index in [0.29, 0.717) is 24.0 Å². The summed E-state index contributed by atoms with van der Waals surface area (Å²) in [5.41, 5.74) is 0.459. The van der Waals surface area contributed by atoms with Crippen LogP contribution in [0.1, 0.15) is 23.3 Å². The molecule has 0 unspecified atom stereocenters. The zero-order valence-corrected chi connectivity index (χ0v) is 13.9. The highest BCUT2D eigenvalue weighted by molar-refractivity contribution is 5.91. The Morgan fingerprint density at radius 1 is 1.38 bits per heavy atom. The lowest BCUT2D eigenvalue weighted by atomic mass is 9.96. The van der Waals surface area contributed by atoms with E-state index >= 15 is 0 Å². The summed E-state index contributed by atoms with van der Waals surface area (Å²) in [7, 11) is 3.64. The molecule has 8 heteroatoms. The lowest BCUT2D eigenvalue weighted by molar-refractivity contribution is 0.0759. The van der Waals surface area contributed by atoms with Gasteiger partial charge in [-0.1, -0.05) is 0 Å². The smallest absolute Gasteiger partial charge is 0.273 e. The van der Waals surface area contributed by atoms with E-state index in [2.05, 4.69) is 15.0 Å². The molecular formula is C16H21FN6O. The van der Waals surface area contributed by atoms with Crippen LogP contribution in [0.25, 0.3) is 0 Å². The molecule has 0 radical (unpaired) electrons. The third-order valence-electron chi connectivity index (χ3n) is 4.36. The van der Waals surface area contributed by atoms with E-state index in [9.17, 15) is 9.18 Å². The van der Waals surface area contributed by atoms with Gasteiger partial charge in [0.2, 0.25) is 0 Å². The van der Waals surface area contributed by atoms with Gasteiger partial charge in [-0.05, 0) is 18.8 Å². The van der Waals surface area contributed by atoms with E-state index in [1.54, 1.807) is 29.0 Å². The van der Waals surface area contributed by atoms with Gasteiger partial charge in [0, 0.05) is 39.9 Å². The van der Waals surface area contributed by atoms with Crippen LogP contribution in [0.15, 0.2) is 25.0 Å². The van der Waals surface area contributed by atoms with Crippen LogP contribution in [-0.2, 0) is 7.05 Å². The van der Waals surface area contributed by atoms with Gasteiger partial charge < -0.3 is 14.4 Å². The molecule has 0 bridgehead atoms. The second-order valence-corrected chi connectivity index (χ2v) is 6.23. The molecule has 3 heterocycles. The monoisotopic (exact) mass is 332 g/mol. The normalized spacial score (nSPS) is 15.5. The minimum atomic E-state index is -0.390. The summed E-state index contributed by atoms with van der Waals surface area (Å²) in [6, 6.07) is 0. The summed E-state index contributed by atoms with van der Waals surface area (Å²) in [5.74, 6) is 0.295. The first kappa shape index (κ1) is 16.4. The van der Waals surface area contributed by atoms with E-state index in [-0.39, 0.29) is 5.91 Å². The van der Waals surface area contributed by atoms with Crippen molar-refractivity contribution in [2.24, 2.45) is 13.0 Å². The molecule has 1 aliphatic heterocycles. The van der Waals surface area contributed by atoms with Gasteiger partial charge in [0.05, 0.1) is 12.5 Å². The van der Waals surface area contributed by atoms with Crippen molar-refractivity contribution >= 4 is 11.7 Å². The van der Waals surface area contributed by atoms with E-state index in [1.165, 1.54) is 12.5 Å². The maximum atomic E-state index is 13.7. The summed E-state index contributed by atoms with van der Waals surface area (Å²) < 4.78 is 15.5. The summed E-state index contributed by atoms with van der Waals surface area (Å²) in [6.45, 7) is 2.13. The zero-order chi connectivity index (χ0) is 17.1. The molecule has 1 saturated heterocycles. The number of amides is 1. The van der Waals surface area contributed by atoms with Crippen LogP contribution in [0, 0.1) is 11.7 Å². The third kappa shape index (κ3) is 3.52. The number of hydrogen-bond acceptors (Lipinski definition) is 5. The van der Waals surface area contributed by atoms with Gasteiger partial charge in [-0.15, -0.1) is 0 Å². The Kier molecular flexibility index (Phi) is 4.73. The minimum absolute atomic E-state index is 0.0696. The first-order valence-corrected chi connectivity index (χ1v) is 7.98. The SMILES string of the molecule is CN(CC1CCN(c2ncncc2F)CC1)C(=O)c1cn(C)cn1. The van der Waals surface area contributed by atoms with Crippen molar-refractivity contribution in [3.63, 3.8) is 0 Å². The van der Waals surface area contributed by atoms with E-state index < -0.39 is 5.82 Å². The molecule has 0 spiro atoms. The molecule has 2 aromatic rings. The van der Waals surface area contributed by atoms with Gasteiger partial charge in [-0.2, -0.15) is 0 Å². The fourth-order valence-electron chi connectivity index (χ4n) is 3.06. The van der Waals surface area contributed by atoms with Crippen molar-refractivity contribution in [2.45, 2.75) is 12.8 Å². The van der Waals surface area contributed by atoms with Crippen molar-refractivity contribution in [1.82, 2.24) is 24.4 Å². The van der Waals surface area contributed by atoms with Crippen LogP contribution < -0.4 is 4.90 Å². The average Bonchev–Trinajstić information content (AvgIpc) is 3.02. The highest BCUT2D eigenvalue weighted by Gasteiger charge is 2.25. The standard InChI is InChI=1S/C16H21FN6O/c1-21-9-14(20-11-21)16(24)22(2)8-12-3-5-23(6-4-12)15-13(17)7-18-10-19-15/h7,9-12H,3-6,8H2,1-2H3. The highest BCUT2D eigenvalue weighted by Crippen LogP contribution is 2.24. The molecule has 3 rings (SSSR count). The fraction of sp³-hybridized carbons (Fsp3) is 0.500. The molecular weight excluding hydrogens is 311 g/mol.